The van der Waals surface area contributed by atoms with Crippen molar-refractivity contribution in [3.63, 3.8) is 0 Å². The van der Waals surface area contributed by atoms with Gasteiger partial charge in [0, 0.05) is 6.54 Å². The van der Waals surface area contributed by atoms with Gasteiger partial charge in [-0.15, -0.1) is 6.58 Å². The van der Waals surface area contributed by atoms with Crippen molar-refractivity contribution in [3.8, 4) is 0 Å². The molecule has 2 heteroatoms. The van der Waals surface area contributed by atoms with E-state index in [1.165, 1.54) is 57.0 Å². The van der Waals surface area contributed by atoms with Gasteiger partial charge in [-0.25, -0.2) is 0 Å². The minimum Gasteiger partial charge on any atom is -0.298 e. The van der Waals surface area contributed by atoms with Crippen molar-refractivity contribution in [2.75, 3.05) is 6.54 Å². The van der Waals surface area contributed by atoms with Crippen molar-refractivity contribution in [2.45, 2.75) is 77.1 Å². The molecule has 0 aromatic rings. The Kier molecular flexibility index (Phi) is 11.5. The van der Waals surface area contributed by atoms with E-state index in [1.807, 2.05) is 0 Å². The summed E-state index contributed by atoms with van der Waals surface area (Å²) in [5.74, 6) is 0. The molecule has 0 saturated heterocycles. The van der Waals surface area contributed by atoms with Crippen LogP contribution in [0, 0.1) is 0 Å². The van der Waals surface area contributed by atoms with E-state index in [0.29, 0.717) is 0 Å². The zero-order valence-corrected chi connectivity index (χ0v) is 13.9. The smallest absolute Gasteiger partial charge is 0.0514 e. The number of nitrogens with zero attached hydrogens (tertiary/aromatic N) is 1. The van der Waals surface area contributed by atoms with Gasteiger partial charge in [0.25, 0.3) is 0 Å². The molecule has 1 nitrogen and oxygen atoms in total. The summed E-state index contributed by atoms with van der Waals surface area (Å²) in [5.41, 5.74) is 0. The molecule has 0 aliphatic heterocycles. The topological polar surface area (TPSA) is 12.4 Å². The van der Waals surface area contributed by atoms with Crippen LogP contribution < -0.4 is 0 Å². The Balaban J connectivity index is 3.35. The molecule has 0 heterocycles. The molecule has 0 aromatic carbocycles. The predicted molar refractivity (Wildman–Crippen MR) is 88.6 cm³/mol. The lowest BCUT2D eigenvalue weighted by molar-refractivity contribution is 0.612. The molecule has 0 spiro atoms. The molecule has 0 amide bonds. The highest BCUT2D eigenvalue weighted by atomic mass is 28.3. The summed E-state index contributed by atoms with van der Waals surface area (Å²) < 4.78 is 0. The van der Waals surface area contributed by atoms with E-state index in [-0.39, 0.29) is 0 Å². The molecule has 106 valence electrons. The SMILES string of the molecule is C=CC[Si](C)(C)CCC=NCCCCCCCC. The lowest BCUT2D eigenvalue weighted by atomic mass is 10.1. The Labute approximate surface area is 116 Å². The maximum Gasteiger partial charge on any atom is 0.0514 e. The monoisotopic (exact) mass is 267 g/mol. The summed E-state index contributed by atoms with van der Waals surface area (Å²) in [5, 5.41) is 0. The van der Waals surface area contributed by atoms with Crippen LogP contribution in [-0.4, -0.2) is 20.8 Å². The van der Waals surface area contributed by atoms with Crippen molar-refractivity contribution in [2.24, 2.45) is 4.99 Å². The molecule has 0 aliphatic carbocycles. The van der Waals surface area contributed by atoms with Gasteiger partial charge in [0.2, 0.25) is 0 Å². The minimum absolute atomic E-state index is 1.00. The van der Waals surface area contributed by atoms with Gasteiger partial charge in [-0.05, 0) is 25.1 Å². The first-order valence-electron chi connectivity index (χ1n) is 7.71. The Bertz CT molecular complexity index is 221. The van der Waals surface area contributed by atoms with Gasteiger partial charge in [0.05, 0.1) is 8.07 Å². The van der Waals surface area contributed by atoms with E-state index in [4.69, 9.17) is 0 Å². The first-order valence-corrected chi connectivity index (χ1v) is 11.1. The summed E-state index contributed by atoms with van der Waals surface area (Å²) in [6.07, 6.45) is 13.6. The third kappa shape index (κ3) is 12.1. The third-order valence-corrected chi connectivity index (χ3v) is 6.45. The molecule has 0 radical (unpaired) electrons. The first kappa shape index (κ1) is 17.6. The van der Waals surface area contributed by atoms with E-state index < -0.39 is 8.07 Å². The summed E-state index contributed by atoms with van der Waals surface area (Å²) in [7, 11) is -1.00. The molecule has 0 N–H and O–H groups in total. The zero-order chi connectivity index (χ0) is 13.7. The van der Waals surface area contributed by atoms with Crippen molar-refractivity contribution in [3.05, 3.63) is 12.7 Å². The second kappa shape index (κ2) is 11.7. The van der Waals surface area contributed by atoms with Gasteiger partial charge in [-0.3, -0.25) is 4.99 Å². The second-order valence-electron chi connectivity index (χ2n) is 6.05. The largest absolute Gasteiger partial charge is 0.298 e. The average Bonchev–Trinajstić information content (AvgIpc) is 2.31. The van der Waals surface area contributed by atoms with Gasteiger partial charge in [0.15, 0.2) is 0 Å². The molecule has 0 rings (SSSR count). The van der Waals surface area contributed by atoms with Gasteiger partial charge >= 0.3 is 0 Å². The zero-order valence-electron chi connectivity index (χ0n) is 12.9. The molecule has 0 fully saturated rings. The molecule has 0 aliphatic rings. The van der Waals surface area contributed by atoms with Gasteiger partial charge in [-0.1, -0.05) is 64.2 Å². The minimum atomic E-state index is -1.00. The van der Waals surface area contributed by atoms with E-state index in [0.717, 1.165) is 6.54 Å². The molecule has 18 heavy (non-hydrogen) atoms. The maximum atomic E-state index is 4.52. The van der Waals surface area contributed by atoms with E-state index >= 15 is 0 Å². The number of hydrogen-bond acceptors (Lipinski definition) is 1. The summed E-state index contributed by atoms with van der Waals surface area (Å²) in [6, 6.07) is 2.58. The molecule has 0 unspecified atom stereocenters. The third-order valence-electron chi connectivity index (χ3n) is 3.42. The van der Waals surface area contributed by atoms with Crippen molar-refractivity contribution >= 4 is 14.3 Å². The van der Waals surface area contributed by atoms with E-state index in [1.54, 1.807) is 0 Å². The van der Waals surface area contributed by atoms with E-state index in [9.17, 15) is 0 Å². The van der Waals surface area contributed by atoms with Crippen molar-refractivity contribution < 1.29 is 0 Å². The van der Waals surface area contributed by atoms with Crippen LogP contribution in [0.15, 0.2) is 17.6 Å². The number of hydrogen-bond donors (Lipinski definition) is 0. The average molecular weight is 268 g/mol. The lowest BCUT2D eigenvalue weighted by Crippen LogP contribution is -2.23. The first-order chi connectivity index (χ1) is 8.62. The number of rotatable bonds is 12. The number of allylic oxidation sites excluding steroid dienone is 1. The van der Waals surface area contributed by atoms with Gasteiger partial charge < -0.3 is 0 Å². The Morgan fingerprint density at radius 3 is 2.39 bits per heavy atom. The predicted octanol–water partition coefficient (Wildman–Crippen LogP) is 5.70. The fourth-order valence-electron chi connectivity index (χ4n) is 2.11. The normalized spacial score (nSPS) is 12.2. The highest BCUT2D eigenvalue weighted by Crippen LogP contribution is 2.16. The van der Waals surface area contributed by atoms with Crippen molar-refractivity contribution in [1.82, 2.24) is 0 Å². The van der Waals surface area contributed by atoms with Gasteiger partial charge in [0.1, 0.15) is 0 Å². The van der Waals surface area contributed by atoms with Crippen LogP contribution in [0.1, 0.15) is 51.9 Å². The Hall–Kier alpha value is -0.373. The maximum absolute atomic E-state index is 4.52. The van der Waals surface area contributed by atoms with Crippen LogP contribution >= 0.6 is 0 Å². The number of aliphatic imine (C=N–C) groups is 1. The molecular formula is C16H33NSi. The quantitative estimate of drug-likeness (QED) is 0.186. The highest BCUT2D eigenvalue weighted by molar-refractivity contribution is 6.77. The molecule has 0 atom stereocenters. The van der Waals surface area contributed by atoms with Crippen LogP contribution in [0.25, 0.3) is 0 Å². The van der Waals surface area contributed by atoms with Crippen molar-refractivity contribution in [1.29, 1.82) is 0 Å². The standard InChI is InChI=1S/C16H33NSi/c1-5-7-8-9-10-11-13-17-14-12-16-18(3,4)15-6-2/h6,14H,2,5,7-13,15-16H2,1,3-4H3. The van der Waals surface area contributed by atoms with Crippen LogP contribution in [-0.2, 0) is 0 Å². The lowest BCUT2D eigenvalue weighted by Gasteiger charge is -2.18. The fraction of sp³-hybridized carbons (Fsp3) is 0.812. The van der Waals surface area contributed by atoms with Crippen LogP contribution in [0.3, 0.4) is 0 Å². The Morgan fingerprint density at radius 1 is 1.06 bits per heavy atom. The molecule has 0 bridgehead atoms. The summed E-state index contributed by atoms with van der Waals surface area (Å²) >= 11 is 0. The summed E-state index contributed by atoms with van der Waals surface area (Å²) in [4.78, 5) is 4.52. The summed E-state index contributed by atoms with van der Waals surface area (Å²) in [6.45, 7) is 12.0. The molecule has 0 aromatic heterocycles. The fourth-order valence-corrected chi connectivity index (χ4v) is 4.01. The van der Waals surface area contributed by atoms with Gasteiger partial charge in [-0.2, -0.15) is 0 Å². The molecule has 0 saturated carbocycles. The van der Waals surface area contributed by atoms with Crippen LogP contribution in [0.5, 0.6) is 0 Å². The van der Waals surface area contributed by atoms with Crippen LogP contribution in [0.4, 0.5) is 0 Å². The number of unbranched alkanes of at least 4 members (excludes halogenated alkanes) is 5. The van der Waals surface area contributed by atoms with Crippen LogP contribution in [0.2, 0.25) is 25.2 Å². The second-order valence-corrected chi connectivity index (χ2v) is 11.3. The van der Waals surface area contributed by atoms with E-state index in [2.05, 4.69) is 43.9 Å². The highest BCUT2D eigenvalue weighted by Gasteiger charge is 2.16. The Morgan fingerprint density at radius 2 is 1.72 bits per heavy atom. The molecular weight excluding hydrogens is 234 g/mol.